The van der Waals surface area contributed by atoms with Crippen LogP contribution in [0.25, 0.3) is 0 Å². The maximum Gasteiger partial charge on any atom is 0.389 e. The lowest BCUT2D eigenvalue weighted by Crippen LogP contribution is -2.33. The van der Waals surface area contributed by atoms with Gasteiger partial charge in [-0.2, -0.15) is 8.78 Å². The summed E-state index contributed by atoms with van der Waals surface area (Å²) in [6, 6.07) is 0. The smallest absolute Gasteiger partial charge is 0.389 e. The van der Waals surface area contributed by atoms with Gasteiger partial charge in [0, 0.05) is 0 Å². The number of halogens is 2. The van der Waals surface area contributed by atoms with Crippen molar-refractivity contribution < 1.29 is 18.3 Å². The van der Waals surface area contributed by atoms with E-state index in [1.807, 2.05) is 0 Å². The van der Waals surface area contributed by atoms with Crippen LogP contribution < -0.4 is 5.32 Å². The van der Waals surface area contributed by atoms with Crippen LogP contribution in [-0.4, -0.2) is 25.7 Å². The average Bonchev–Trinajstić information content (AvgIpc) is 2.05. The van der Waals surface area contributed by atoms with E-state index in [0.717, 1.165) is 0 Å². The quantitative estimate of drug-likeness (QED) is 0.636. The lowest BCUT2D eigenvalue weighted by molar-refractivity contribution is -0.181. The van der Waals surface area contributed by atoms with Gasteiger partial charge >= 0.3 is 12.6 Å². The minimum Gasteiger partial charge on any atom is -0.403 e. The van der Waals surface area contributed by atoms with Gasteiger partial charge in [0.1, 0.15) is 0 Å². The van der Waals surface area contributed by atoms with Crippen LogP contribution in [0.2, 0.25) is 0 Å². The molecule has 0 aromatic carbocycles. The van der Waals surface area contributed by atoms with Crippen molar-refractivity contribution in [2.24, 2.45) is 5.92 Å². The highest BCUT2D eigenvalue weighted by Gasteiger charge is 2.24. The number of carbonyl (C=O) groups is 1. The summed E-state index contributed by atoms with van der Waals surface area (Å²) >= 11 is 0. The molecule has 0 radical (unpaired) electrons. The van der Waals surface area contributed by atoms with E-state index < -0.39 is 12.6 Å². The molecule has 1 heterocycles. The topological polar surface area (TPSA) is 38.3 Å². The first-order valence-corrected chi connectivity index (χ1v) is 3.89. The van der Waals surface area contributed by atoms with Crippen LogP contribution in [0.3, 0.4) is 0 Å². The van der Waals surface area contributed by atoms with Gasteiger partial charge in [-0.15, -0.1) is 0 Å². The second kappa shape index (κ2) is 4.35. The molecule has 0 aliphatic carbocycles. The molecule has 1 rings (SSSR count). The van der Waals surface area contributed by atoms with E-state index in [2.05, 4.69) is 10.1 Å². The highest BCUT2D eigenvalue weighted by atomic mass is 19.3. The van der Waals surface area contributed by atoms with E-state index in [0.29, 0.717) is 25.9 Å². The standard InChI is InChI=1S/C7H11F2NO2/c8-7(9)12-6(11)5-1-3-10-4-2-5/h5,7,10H,1-4H2. The fraction of sp³-hybridized carbons (Fsp3) is 0.857. The van der Waals surface area contributed by atoms with Crippen molar-refractivity contribution in [2.75, 3.05) is 13.1 Å². The second-order valence-electron chi connectivity index (χ2n) is 2.72. The maximum absolute atomic E-state index is 11.6. The summed E-state index contributed by atoms with van der Waals surface area (Å²) in [5.74, 6) is -1.12. The van der Waals surface area contributed by atoms with E-state index in [4.69, 9.17) is 0 Å². The summed E-state index contributed by atoms with van der Waals surface area (Å²) < 4.78 is 27.0. The Kier molecular flexibility index (Phi) is 3.40. The molecule has 0 aromatic rings. The SMILES string of the molecule is O=C(OC(F)F)C1CCNCC1. The molecule has 3 nitrogen and oxygen atoms in total. The average molecular weight is 179 g/mol. The van der Waals surface area contributed by atoms with E-state index >= 15 is 0 Å². The molecular weight excluding hydrogens is 168 g/mol. The van der Waals surface area contributed by atoms with Gasteiger partial charge in [0.2, 0.25) is 0 Å². The van der Waals surface area contributed by atoms with Crippen molar-refractivity contribution in [2.45, 2.75) is 19.5 Å². The number of carbonyl (C=O) groups excluding carboxylic acids is 1. The molecule has 0 aromatic heterocycles. The second-order valence-corrected chi connectivity index (χ2v) is 2.72. The number of alkyl halides is 2. The fourth-order valence-corrected chi connectivity index (χ4v) is 1.24. The predicted molar refractivity (Wildman–Crippen MR) is 37.7 cm³/mol. The van der Waals surface area contributed by atoms with Gasteiger partial charge in [-0.3, -0.25) is 4.79 Å². The largest absolute Gasteiger partial charge is 0.403 e. The van der Waals surface area contributed by atoms with Crippen LogP contribution in [0, 0.1) is 5.92 Å². The Balaban J connectivity index is 2.30. The number of ether oxygens (including phenoxy) is 1. The zero-order valence-electron chi connectivity index (χ0n) is 6.56. The highest BCUT2D eigenvalue weighted by molar-refractivity contribution is 5.72. The maximum atomic E-state index is 11.6. The first kappa shape index (κ1) is 9.38. The summed E-state index contributed by atoms with van der Waals surface area (Å²) in [6.07, 6.45) is 1.18. The Bertz CT molecular complexity index is 157. The molecule has 1 N–H and O–H groups in total. The Hall–Kier alpha value is -0.710. The van der Waals surface area contributed by atoms with Crippen molar-refractivity contribution in [3.8, 4) is 0 Å². The highest BCUT2D eigenvalue weighted by Crippen LogP contribution is 2.14. The molecule has 70 valence electrons. The normalized spacial score (nSPS) is 19.6. The lowest BCUT2D eigenvalue weighted by Gasteiger charge is -2.20. The van der Waals surface area contributed by atoms with Crippen LogP contribution >= 0.6 is 0 Å². The monoisotopic (exact) mass is 179 g/mol. The Morgan fingerprint density at radius 2 is 2.00 bits per heavy atom. The van der Waals surface area contributed by atoms with Gasteiger partial charge in [-0.1, -0.05) is 0 Å². The van der Waals surface area contributed by atoms with Gasteiger partial charge in [0.25, 0.3) is 0 Å². The molecule has 1 fully saturated rings. The minimum absolute atomic E-state index is 0.347. The molecule has 12 heavy (non-hydrogen) atoms. The Morgan fingerprint density at radius 3 is 2.50 bits per heavy atom. The number of piperidine rings is 1. The zero-order chi connectivity index (χ0) is 8.97. The number of esters is 1. The third-order valence-electron chi connectivity index (χ3n) is 1.88. The van der Waals surface area contributed by atoms with E-state index in [1.54, 1.807) is 0 Å². The van der Waals surface area contributed by atoms with Crippen LogP contribution in [0.5, 0.6) is 0 Å². The van der Waals surface area contributed by atoms with Crippen LogP contribution in [0.15, 0.2) is 0 Å². The first-order chi connectivity index (χ1) is 5.70. The summed E-state index contributed by atoms with van der Waals surface area (Å²) in [5.41, 5.74) is 0. The molecule has 1 aliphatic heterocycles. The van der Waals surface area contributed by atoms with E-state index in [1.165, 1.54) is 0 Å². The third kappa shape index (κ3) is 2.73. The Morgan fingerprint density at radius 1 is 1.42 bits per heavy atom. The molecule has 1 saturated heterocycles. The molecule has 0 bridgehead atoms. The Labute approximate surface area is 69.1 Å². The number of nitrogens with one attached hydrogen (secondary N) is 1. The van der Waals surface area contributed by atoms with Crippen LogP contribution in [0.1, 0.15) is 12.8 Å². The van der Waals surface area contributed by atoms with Crippen molar-refractivity contribution in [1.82, 2.24) is 5.32 Å². The summed E-state index contributed by atoms with van der Waals surface area (Å²) in [6.45, 7) is -1.58. The molecule has 0 saturated carbocycles. The molecule has 0 atom stereocenters. The van der Waals surface area contributed by atoms with Gasteiger partial charge in [0.15, 0.2) is 0 Å². The zero-order valence-corrected chi connectivity index (χ0v) is 6.56. The van der Waals surface area contributed by atoms with E-state index in [-0.39, 0.29) is 5.92 Å². The van der Waals surface area contributed by atoms with Crippen molar-refractivity contribution >= 4 is 5.97 Å². The van der Waals surface area contributed by atoms with Crippen molar-refractivity contribution in [1.29, 1.82) is 0 Å². The molecule has 0 amide bonds. The van der Waals surface area contributed by atoms with Gasteiger partial charge in [-0.25, -0.2) is 0 Å². The molecule has 5 heteroatoms. The molecule has 0 spiro atoms. The summed E-state index contributed by atoms with van der Waals surface area (Å²) in [4.78, 5) is 10.9. The minimum atomic E-state index is -2.98. The predicted octanol–water partition coefficient (Wildman–Crippen LogP) is 0.752. The number of hydrogen-bond acceptors (Lipinski definition) is 3. The van der Waals surface area contributed by atoms with E-state index in [9.17, 15) is 13.6 Å². The lowest BCUT2D eigenvalue weighted by atomic mass is 9.99. The van der Waals surface area contributed by atoms with Crippen LogP contribution in [-0.2, 0) is 9.53 Å². The van der Waals surface area contributed by atoms with Gasteiger partial charge < -0.3 is 10.1 Å². The molecule has 1 aliphatic rings. The fourth-order valence-electron chi connectivity index (χ4n) is 1.24. The number of rotatable bonds is 2. The first-order valence-electron chi connectivity index (χ1n) is 3.89. The van der Waals surface area contributed by atoms with Gasteiger partial charge in [-0.05, 0) is 25.9 Å². The molecule has 0 unspecified atom stereocenters. The van der Waals surface area contributed by atoms with Gasteiger partial charge in [0.05, 0.1) is 5.92 Å². The summed E-state index contributed by atoms with van der Waals surface area (Å²) in [5, 5.41) is 3.03. The number of hydrogen-bond donors (Lipinski definition) is 1. The summed E-state index contributed by atoms with van der Waals surface area (Å²) in [7, 11) is 0. The van der Waals surface area contributed by atoms with Crippen LogP contribution in [0.4, 0.5) is 8.78 Å². The van der Waals surface area contributed by atoms with Crippen molar-refractivity contribution in [3.05, 3.63) is 0 Å². The third-order valence-corrected chi connectivity index (χ3v) is 1.88. The molecular formula is C7H11F2NO2. The van der Waals surface area contributed by atoms with Crippen molar-refractivity contribution in [3.63, 3.8) is 0 Å².